The maximum atomic E-state index is 12.4. The van der Waals surface area contributed by atoms with Crippen LogP contribution in [0.4, 0.5) is 0 Å². The van der Waals surface area contributed by atoms with E-state index in [9.17, 15) is 9.90 Å². The Morgan fingerprint density at radius 3 is 2.48 bits per heavy atom. The molecule has 0 bridgehead atoms. The lowest BCUT2D eigenvalue weighted by atomic mass is 9.86. The van der Waals surface area contributed by atoms with Crippen LogP contribution in [0.5, 0.6) is 0 Å². The van der Waals surface area contributed by atoms with Gasteiger partial charge in [-0.05, 0) is 24.5 Å². The van der Waals surface area contributed by atoms with Crippen molar-refractivity contribution in [1.82, 2.24) is 4.90 Å². The Labute approximate surface area is 159 Å². The summed E-state index contributed by atoms with van der Waals surface area (Å²) >= 11 is 0. The summed E-state index contributed by atoms with van der Waals surface area (Å²) in [7, 11) is 0. The predicted molar refractivity (Wildman–Crippen MR) is 103 cm³/mol. The van der Waals surface area contributed by atoms with Crippen LogP contribution in [-0.4, -0.2) is 40.7 Å². The largest absolute Gasteiger partial charge is 0.459 e. The van der Waals surface area contributed by atoms with E-state index < -0.39 is 17.6 Å². The molecule has 5 heteroatoms. The zero-order valence-electron chi connectivity index (χ0n) is 15.5. The molecule has 1 saturated carbocycles. The van der Waals surface area contributed by atoms with E-state index in [-0.39, 0.29) is 11.5 Å². The van der Waals surface area contributed by atoms with Crippen LogP contribution in [0, 0.1) is 5.41 Å². The highest BCUT2D eigenvalue weighted by Crippen LogP contribution is 2.59. The van der Waals surface area contributed by atoms with Gasteiger partial charge in [0.1, 0.15) is 6.10 Å². The summed E-state index contributed by atoms with van der Waals surface area (Å²) in [4.78, 5) is 14.7. The second-order valence-electron chi connectivity index (χ2n) is 8.15. The number of nitrogens with zero attached hydrogens (tertiary/aromatic N) is 1. The van der Waals surface area contributed by atoms with Crippen molar-refractivity contribution in [3.8, 4) is 0 Å². The fourth-order valence-corrected chi connectivity index (χ4v) is 4.38. The summed E-state index contributed by atoms with van der Waals surface area (Å²) in [6.45, 7) is 4.44. The molecule has 4 atom stereocenters. The van der Waals surface area contributed by atoms with E-state index in [0.717, 1.165) is 26.1 Å². The highest BCUT2D eigenvalue weighted by molar-refractivity contribution is 5.76. The Balaban J connectivity index is 1.40. The van der Waals surface area contributed by atoms with Gasteiger partial charge in [-0.2, -0.15) is 0 Å². The van der Waals surface area contributed by atoms with Gasteiger partial charge in [-0.25, -0.2) is 4.79 Å². The zero-order chi connectivity index (χ0) is 19.1. The number of carbonyl (C=O) groups excluding carboxylic acids is 1. The first kappa shape index (κ1) is 18.2. The number of benzene rings is 2. The fourth-order valence-electron chi connectivity index (χ4n) is 4.38. The third kappa shape index (κ3) is 3.38. The summed E-state index contributed by atoms with van der Waals surface area (Å²) in [5.74, 6) is -0.597. The smallest absolute Gasteiger partial charge is 0.339 e. The van der Waals surface area contributed by atoms with Gasteiger partial charge in [-0.15, -0.1) is 0 Å². The molecule has 2 aromatic rings. The van der Waals surface area contributed by atoms with Crippen molar-refractivity contribution < 1.29 is 14.6 Å². The lowest BCUT2D eigenvalue weighted by Gasteiger charge is -2.26. The average molecular weight is 366 g/mol. The van der Waals surface area contributed by atoms with Crippen molar-refractivity contribution in [3.63, 3.8) is 0 Å². The molecule has 4 unspecified atom stereocenters. The van der Waals surface area contributed by atoms with Gasteiger partial charge >= 0.3 is 5.97 Å². The molecule has 0 amide bonds. The summed E-state index contributed by atoms with van der Waals surface area (Å²) < 4.78 is 5.65. The zero-order valence-corrected chi connectivity index (χ0v) is 15.5. The minimum atomic E-state index is -1.25. The number of hydrogen-bond acceptors (Lipinski definition) is 5. The molecule has 3 N–H and O–H groups in total. The summed E-state index contributed by atoms with van der Waals surface area (Å²) in [6, 6.07) is 19.2. The van der Waals surface area contributed by atoms with E-state index in [0.29, 0.717) is 5.56 Å². The van der Waals surface area contributed by atoms with E-state index in [1.807, 2.05) is 31.2 Å². The molecule has 2 aromatic carbocycles. The van der Waals surface area contributed by atoms with Crippen molar-refractivity contribution in [2.75, 3.05) is 13.1 Å². The van der Waals surface area contributed by atoms with Gasteiger partial charge in [0.15, 0.2) is 6.10 Å². The van der Waals surface area contributed by atoms with E-state index in [1.165, 1.54) is 5.56 Å². The molecule has 0 radical (unpaired) electrons. The van der Waals surface area contributed by atoms with Crippen molar-refractivity contribution in [2.45, 2.75) is 37.6 Å². The maximum absolute atomic E-state index is 12.4. The molecule has 1 aliphatic heterocycles. The Bertz CT molecular complexity index is 809. The molecule has 1 saturated heterocycles. The Morgan fingerprint density at radius 2 is 1.81 bits per heavy atom. The number of hydrogen-bond donors (Lipinski definition) is 2. The number of ether oxygens (including phenoxy) is 1. The molecule has 2 aliphatic rings. The number of aliphatic hydroxyl groups excluding tert-OH is 1. The number of aliphatic hydroxyl groups is 1. The van der Waals surface area contributed by atoms with E-state index >= 15 is 0 Å². The second-order valence-corrected chi connectivity index (χ2v) is 8.15. The first-order chi connectivity index (χ1) is 12.9. The molecule has 2 fully saturated rings. The fraction of sp³-hybridized carbons (Fsp3) is 0.409. The van der Waals surface area contributed by atoms with Gasteiger partial charge < -0.3 is 15.6 Å². The Kier molecular flexibility index (Phi) is 4.54. The topological polar surface area (TPSA) is 75.8 Å². The van der Waals surface area contributed by atoms with Crippen LogP contribution in [0.2, 0.25) is 0 Å². The molecular weight excluding hydrogens is 340 g/mol. The monoisotopic (exact) mass is 366 g/mol. The molecule has 4 rings (SSSR count). The van der Waals surface area contributed by atoms with Crippen LogP contribution in [0.15, 0.2) is 60.7 Å². The minimum Gasteiger partial charge on any atom is -0.459 e. The summed E-state index contributed by atoms with van der Waals surface area (Å²) in [5.41, 5.74) is 7.76. The maximum Gasteiger partial charge on any atom is 0.339 e. The van der Waals surface area contributed by atoms with Crippen molar-refractivity contribution in [2.24, 2.45) is 11.1 Å². The van der Waals surface area contributed by atoms with Gasteiger partial charge in [0.05, 0.1) is 0 Å². The molecule has 5 nitrogen and oxygen atoms in total. The molecule has 1 heterocycles. The van der Waals surface area contributed by atoms with E-state index in [1.54, 1.807) is 24.3 Å². The normalized spacial score (nSPS) is 31.0. The van der Waals surface area contributed by atoms with Gasteiger partial charge in [-0.1, -0.05) is 60.7 Å². The number of rotatable bonds is 5. The SMILES string of the molecule is CC1(N)CN(Cc2ccccc2)CC12CC2OC(=O)C(O)c1ccccc1. The minimum absolute atomic E-state index is 0.228. The average Bonchev–Trinajstić information content (AvgIpc) is 3.29. The molecule has 1 aliphatic carbocycles. The highest BCUT2D eigenvalue weighted by atomic mass is 16.6. The van der Waals surface area contributed by atoms with Crippen LogP contribution < -0.4 is 5.73 Å². The number of likely N-dealkylation sites (tertiary alicyclic amines) is 1. The third-order valence-corrected chi connectivity index (χ3v) is 6.05. The summed E-state index contributed by atoms with van der Waals surface area (Å²) in [5, 5.41) is 10.3. The standard InChI is InChI=1S/C22H26N2O3/c1-21(23)14-24(13-16-8-4-2-5-9-16)15-22(21)12-18(22)27-20(26)19(25)17-10-6-3-7-11-17/h2-11,18-19,25H,12-15,23H2,1H3. The van der Waals surface area contributed by atoms with Gasteiger partial charge in [0, 0.05) is 30.6 Å². The molecule has 142 valence electrons. The Morgan fingerprint density at radius 1 is 1.19 bits per heavy atom. The quantitative estimate of drug-likeness (QED) is 0.794. The third-order valence-electron chi connectivity index (χ3n) is 6.05. The van der Waals surface area contributed by atoms with E-state index in [2.05, 4.69) is 17.0 Å². The first-order valence-electron chi connectivity index (χ1n) is 9.40. The number of nitrogens with two attached hydrogens (primary N) is 1. The van der Waals surface area contributed by atoms with Crippen molar-refractivity contribution in [1.29, 1.82) is 0 Å². The van der Waals surface area contributed by atoms with Crippen LogP contribution in [0.1, 0.15) is 30.6 Å². The predicted octanol–water partition coefficient (Wildman–Crippen LogP) is 2.26. The number of carbonyl (C=O) groups is 1. The highest BCUT2D eigenvalue weighted by Gasteiger charge is 2.69. The molecule has 0 aromatic heterocycles. The second kappa shape index (κ2) is 6.75. The van der Waals surface area contributed by atoms with Crippen LogP contribution in [0.3, 0.4) is 0 Å². The van der Waals surface area contributed by atoms with Crippen LogP contribution >= 0.6 is 0 Å². The van der Waals surface area contributed by atoms with Crippen LogP contribution in [0.25, 0.3) is 0 Å². The van der Waals surface area contributed by atoms with Gasteiger partial charge in [-0.3, -0.25) is 4.90 Å². The molecule has 27 heavy (non-hydrogen) atoms. The molecular formula is C22H26N2O3. The number of esters is 1. The van der Waals surface area contributed by atoms with Crippen molar-refractivity contribution in [3.05, 3.63) is 71.8 Å². The lowest BCUT2D eigenvalue weighted by molar-refractivity contribution is -0.156. The summed E-state index contributed by atoms with van der Waals surface area (Å²) in [6.07, 6.45) is -0.743. The van der Waals surface area contributed by atoms with E-state index in [4.69, 9.17) is 10.5 Å². The van der Waals surface area contributed by atoms with Gasteiger partial charge in [0.2, 0.25) is 0 Å². The lowest BCUT2D eigenvalue weighted by Crippen LogP contribution is -2.47. The van der Waals surface area contributed by atoms with Crippen molar-refractivity contribution >= 4 is 5.97 Å². The van der Waals surface area contributed by atoms with Gasteiger partial charge in [0.25, 0.3) is 0 Å². The first-order valence-corrected chi connectivity index (χ1v) is 9.40. The Hall–Kier alpha value is -2.21. The van der Waals surface area contributed by atoms with Crippen LogP contribution in [-0.2, 0) is 16.1 Å². The molecule has 1 spiro atoms.